The van der Waals surface area contributed by atoms with Gasteiger partial charge in [0.2, 0.25) is 0 Å². The van der Waals surface area contributed by atoms with E-state index in [0.717, 1.165) is 11.3 Å². The molecule has 94 valence electrons. The molecule has 0 saturated heterocycles. The van der Waals surface area contributed by atoms with Crippen molar-refractivity contribution in [3.63, 3.8) is 0 Å². The van der Waals surface area contributed by atoms with Crippen molar-refractivity contribution in [2.75, 3.05) is 20.8 Å². The molecule has 0 unspecified atom stereocenters. The molecule has 4 heteroatoms. The molecule has 0 saturated carbocycles. The van der Waals surface area contributed by atoms with Gasteiger partial charge in [0.25, 0.3) is 0 Å². The first kappa shape index (κ1) is 13.5. The van der Waals surface area contributed by atoms with Crippen LogP contribution in [0.2, 0.25) is 0 Å². The van der Waals surface area contributed by atoms with Crippen LogP contribution >= 0.6 is 0 Å². The lowest BCUT2D eigenvalue weighted by Gasteiger charge is -2.07. The van der Waals surface area contributed by atoms with Crippen LogP contribution in [0, 0.1) is 0 Å². The van der Waals surface area contributed by atoms with Gasteiger partial charge in [0.1, 0.15) is 5.75 Å². The van der Waals surface area contributed by atoms with E-state index in [0.29, 0.717) is 26.1 Å². The zero-order chi connectivity index (χ0) is 12.5. The molecule has 17 heavy (non-hydrogen) atoms. The highest BCUT2D eigenvalue weighted by atomic mass is 16.5. The van der Waals surface area contributed by atoms with E-state index in [1.165, 1.54) is 7.11 Å². The normalized spacial score (nSPS) is 10.0. The van der Waals surface area contributed by atoms with Crippen molar-refractivity contribution in [3.05, 3.63) is 29.8 Å². The summed E-state index contributed by atoms with van der Waals surface area (Å²) in [6.45, 7) is 1.07. The fraction of sp³-hybridized carbons (Fsp3) is 0.462. The van der Waals surface area contributed by atoms with E-state index in [2.05, 4.69) is 4.74 Å². The maximum atomic E-state index is 10.9. The molecule has 0 aliphatic carbocycles. The standard InChI is InChI=1S/C13H18O4/c1-15-10-11-5-3-6-12(9-11)17-8-4-7-13(14)16-2/h3,5-6,9H,4,7-8,10H2,1-2H3. The van der Waals surface area contributed by atoms with Gasteiger partial charge in [-0.3, -0.25) is 4.79 Å². The van der Waals surface area contributed by atoms with E-state index < -0.39 is 0 Å². The van der Waals surface area contributed by atoms with Gasteiger partial charge in [-0.05, 0) is 24.1 Å². The maximum absolute atomic E-state index is 10.9. The van der Waals surface area contributed by atoms with E-state index >= 15 is 0 Å². The SMILES string of the molecule is COCc1cccc(OCCCC(=O)OC)c1. The van der Waals surface area contributed by atoms with Crippen LogP contribution in [0.1, 0.15) is 18.4 Å². The zero-order valence-electron chi connectivity index (χ0n) is 10.3. The highest BCUT2D eigenvalue weighted by molar-refractivity contribution is 5.69. The molecular formula is C13H18O4. The van der Waals surface area contributed by atoms with Gasteiger partial charge in [-0.15, -0.1) is 0 Å². The summed E-state index contributed by atoms with van der Waals surface area (Å²) in [5.41, 5.74) is 1.07. The molecule has 0 aliphatic rings. The Morgan fingerprint density at radius 2 is 2.12 bits per heavy atom. The molecule has 1 aromatic rings. The van der Waals surface area contributed by atoms with E-state index in [4.69, 9.17) is 9.47 Å². The van der Waals surface area contributed by atoms with Crippen LogP contribution in [0.25, 0.3) is 0 Å². The van der Waals surface area contributed by atoms with Crippen molar-refractivity contribution in [2.45, 2.75) is 19.4 Å². The largest absolute Gasteiger partial charge is 0.494 e. The number of carbonyl (C=O) groups is 1. The summed E-state index contributed by atoms with van der Waals surface area (Å²) >= 11 is 0. The fourth-order valence-corrected chi connectivity index (χ4v) is 1.40. The summed E-state index contributed by atoms with van der Waals surface area (Å²) in [6.07, 6.45) is 1.04. The molecule has 1 rings (SSSR count). The van der Waals surface area contributed by atoms with Crippen molar-refractivity contribution in [1.29, 1.82) is 0 Å². The summed E-state index contributed by atoms with van der Waals surface area (Å²) in [7, 11) is 3.04. The number of rotatable bonds is 7. The number of methoxy groups -OCH3 is 2. The summed E-state index contributed by atoms with van der Waals surface area (Å²) in [5, 5.41) is 0. The van der Waals surface area contributed by atoms with Crippen LogP contribution in [0.5, 0.6) is 5.75 Å². The molecule has 0 amide bonds. The van der Waals surface area contributed by atoms with E-state index in [1.54, 1.807) is 7.11 Å². The Morgan fingerprint density at radius 1 is 1.29 bits per heavy atom. The van der Waals surface area contributed by atoms with Crippen molar-refractivity contribution >= 4 is 5.97 Å². The Hall–Kier alpha value is -1.55. The lowest BCUT2D eigenvalue weighted by molar-refractivity contribution is -0.140. The Kier molecular flexibility index (Phi) is 6.10. The van der Waals surface area contributed by atoms with Crippen molar-refractivity contribution in [3.8, 4) is 5.75 Å². The van der Waals surface area contributed by atoms with E-state index in [-0.39, 0.29) is 5.97 Å². The Balaban J connectivity index is 2.31. The summed E-state index contributed by atoms with van der Waals surface area (Å²) in [4.78, 5) is 10.9. The Bertz CT molecular complexity index is 349. The number of hydrogen-bond acceptors (Lipinski definition) is 4. The summed E-state index contributed by atoms with van der Waals surface area (Å²) in [6, 6.07) is 7.72. The van der Waals surface area contributed by atoms with Gasteiger partial charge in [0.05, 0.1) is 20.3 Å². The van der Waals surface area contributed by atoms with Gasteiger partial charge in [-0.25, -0.2) is 0 Å². The number of hydrogen-bond donors (Lipinski definition) is 0. The molecule has 0 atom stereocenters. The molecule has 0 aliphatic heterocycles. The van der Waals surface area contributed by atoms with Crippen LogP contribution in [-0.4, -0.2) is 26.8 Å². The lowest BCUT2D eigenvalue weighted by Crippen LogP contribution is -2.04. The average Bonchev–Trinajstić information content (AvgIpc) is 2.35. The van der Waals surface area contributed by atoms with Crippen LogP contribution in [-0.2, 0) is 20.9 Å². The minimum absolute atomic E-state index is 0.207. The first-order chi connectivity index (χ1) is 8.26. The average molecular weight is 238 g/mol. The van der Waals surface area contributed by atoms with Gasteiger partial charge in [0.15, 0.2) is 0 Å². The predicted molar refractivity (Wildman–Crippen MR) is 63.9 cm³/mol. The monoisotopic (exact) mass is 238 g/mol. The van der Waals surface area contributed by atoms with Gasteiger partial charge >= 0.3 is 5.97 Å². The molecule has 0 spiro atoms. The Morgan fingerprint density at radius 3 is 2.82 bits per heavy atom. The lowest BCUT2D eigenvalue weighted by atomic mass is 10.2. The molecule has 1 aromatic carbocycles. The number of carbonyl (C=O) groups excluding carboxylic acids is 1. The van der Waals surface area contributed by atoms with Gasteiger partial charge in [0, 0.05) is 13.5 Å². The molecule has 0 bridgehead atoms. The van der Waals surface area contributed by atoms with Crippen molar-refractivity contribution in [2.24, 2.45) is 0 Å². The number of ether oxygens (including phenoxy) is 3. The minimum atomic E-state index is -0.207. The third-order valence-corrected chi connectivity index (χ3v) is 2.23. The Labute approximate surface area is 101 Å². The number of esters is 1. The van der Waals surface area contributed by atoms with Gasteiger partial charge in [-0.1, -0.05) is 12.1 Å². The maximum Gasteiger partial charge on any atom is 0.305 e. The van der Waals surface area contributed by atoms with E-state index in [9.17, 15) is 4.79 Å². The van der Waals surface area contributed by atoms with Crippen molar-refractivity contribution in [1.82, 2.24) is 0 Å². The van der Waals surface area contributed by atoms with Crippen LogP contribution < -0.4 is 4.74 Å². The molecule has 0 N–H and O–H groups in total. The predicted octanol–water partition coefficient (Wildman–Crippen LogP) is 2.17. The highest BCUT2D eigenvalue weighted by Gasteiger charge is 2.00. The summed E-state index contributed by atoms with van der Waals surface area (Å²) < 4.78 is 15.1. The van der Waals surface area contributed by atoms with Crippen LogP contribution in [0.15, 0.2) is 24.3 Å². The molecule has 0 fully saturated rings. The van der Waals surface area contributed by atoms with Crippen LogP contribution in [0.3, 0.4) is 0 Å². The molecule has 0 aromatic heterocycles. The second-order valence-corrected chi connectivity index (χ2v) is 3.61. The van der Waals surface area contributed by atoms with Gasteiger partial charge < -0.3 is 14.2 Å². The third-order valence-electron chi connectivity index (χ3n) is 2.23. The zero-order valence-corrected chi connectivity index (χ0v) is 10.3. The first-order valence-electron chi connectivity index (χ1n) is 5.53. The molecule has 0 radical (unpaired) electrons. The van der Waals surface area contributed by atoms with E-state index in [1.807, 2.05) is 24.3 Å². The number of benzene rings is 1. The van der Waals surface area contributed by atoms with Crippen molar-refractivity contribution < 1.29 is 19.0 Å². The second kappa shape index (κ2) is 7.68. The molecular weight excluding hydrogens is 220 g/mol. The highest BCUT2D eigenvalue weighted by Crippen LogP contribution is 2.14. The topological polar surface area (TPSA) is 44.8 Å². The van der Waals surface area contributed by atoms with Crippen LogP contribution in [0.4, 0.5) is 0 Å². The quantitative estimate of drug-likeness (QED) is 0.539. The first-order valence-corrected chi connectivity index (χ1v) is 5.53. The second-order valence-electron chi connectivity index (χ2n) is 3.61. The molecule has 4 nitrogen and oxygen atoms in total. The fourth-order valence-electron chi connectivity index (χ4n) is 1.40. The minimum Gasteiger partial charge on any atom is -0.494 e. The third kappa shape index (κ3) is 5.36. The smallest absolute Gasteiger partial charge is 0.305 e. The van der Waals surface area contributed by atoms with Gasteiger partial charge in [-0.2, -0.15) is 0 Å². The molecule has 0 heterocycles. The summed E-state index contributed by atoms with van der Waals surface area (Å²) in [5.74, 6) is 0.589.